The molecule has 3 aromatic rings. The summed E-state index contributed by atoms with van der Waals surface area (Å²) in [5.74, 6) is 0.184. The molecule has 1 amide bonds. The van der Waals surface area contributed by atoms with Crippen molar-refractivity contribution in [1.82, 2.24) is 14.9 Å². The van der Waals surface area contributed by atoms with E-state index in [1.807, 2.05) is 24.3 Å². The molecule has 1 aromatic heterocycles. The van der Waals surface area contributed by atoms with Crippen molar-refractivity contribution in [3.05, 3.63) is 63.9 Å². The van der Waals surface area contributed by atoms with Gasteiger partial charge in [0.15, 0.2) is 5.16 Å². The fraction of sp³-hybridized carbons (Fsp3) is 0.318. The molecule has 0 saturated heterocycles. The van der Waals surface area contributed by atoms with Crippen molar-refractivity contribution in [3.63, 3.8) is 0 Å². The van der Waals surface area contributed by atoms with E-state index in [0.29, 0.717) is 26.8 Å². The number of aromatic nitrogens is 2. The van der Waals surface area contributed by atoms with Crippen LogP contribution in [0.25, 0.3) is 16.6 Å². The summed E-state index contributed by atoms with van der Waals surface area (Å²) in [6, 6.07) is 14.6. The fourth-order valence-electron chi connectivity index (χ4n) is 3.70. The molecule has 0 spiro atoms. The maximum Gasteiger partial charge on any atom is 0.266 e. The molecule has 1 fully saturated rings. The number of thioether (sulfide) groups is 1. The molecule has 1 aliphatic rings. The summed E-state index contributed by atoms with van der Waals surface area (Å²) in [5.41, 5.74) is 1.08. The lowest BCUT2D eigenvalue weighted by molar-refractivity contribution is -0.119. The lowest BCUT2D eigenvalue weighted by atomic mass is 9.95. The van der Waals surface area contributed by atoms with Crippen molar-refractivity contribution >= 4 is 40.2 Å². The van der Waals surface area contributed by atoms with E-state index in [1.165, 1.54) is 35.6 Å². The summed E-state index contributed by atoms with van der Waals surface area (Å²) in [7, 11) is 0. The van der Waals surface area contributed by atoms with Crippen LogP contribution in [0.4, 0.5) is 0 Å². The molecule has 1 heterocycles. The van der Waals surface area contributed by atoms with Gasteiger partial charge in [0, 0.05) is 11.1 Å². The number of fused-ring (bicyclic) bond motifs is 1. The Bertz CT molecular complexity index is 1090. The van der Waals surface area contributed by atoms with Crippen LogP contribution in [0.3, 0.4) is 0 Å². The normalized spacial score (nSPS) is 14.8. The third-order valence-corrected chi connectivity index (χ3v) is 6.29. The minimum Gasteiger partial charge on any atom is -0.353 e. The van der Waals surface area contributed by atoms with E-state index in [1.54, 1.807) is 24.3 Å². The molecule has 0 bridgehead atoms. The number of hydrogen-bond acceptors (Lipinski definition) is 4. The zero-order valence-corrected chi connectivity index (χ0v) is 17.5. The third-order valence-electron chi connectivity index (χ3n) is 5.11. The third kappa shape index (κ3) is 4.65. The van der Waals surface area contributed by atoms with Crippen LogP contribution in [0.15, 0.2) is 58.5 Å². The van der Waals surface area contributed by atoms with Crippen LogP contribution in [0, 0.1) is 0 Å². The maximum atomic E-state index is 13.2. The van der Waals surface area contributed by atoms with Gasteiger partial charge in [-0.3, -0.25) is 14.2 Å². The van der Waals surface area contributed by atoms with Crippen LogP contribution in [-0.4, -0.2) is 27.3 Å². The molecule has 0 atom stereocenters. The Hall–Kier alpha value is -2.31. The highest BCUT2D eigenvalue weighted by atomic mass is 35.5. The SMILES string of the molecule is O=C(CSc1nc2ccccc2c(=O)n1-c1cccc(Cl)c1)NC1CCCCC1. The van der Waals surface area contributed by atoms with Gasteiger partial charge < -0.3 is 5.32 Å². The molecule has 0 aliphatic heterocycles. The minimum atomic E-state index is -0.173. The van der Waals surface area contributed by atoms with Gasteiger partial charge in [-0.2, -0.15) is 0 Å². The van der Waals surface area contributed by atoms with E-state index >= 15 is 0 Å². The van der Waals surface area contributed by atoms with E-state index in [9.17, 15) is 9.59 Å². The highest BCUT2D eigenvalue weighted by molar-refractivity contribution is 7.99. The maximum absolute atomic E-state index is 13.2. The average molecular weight is 428 g/mol. The molecule has 2 aromatic carbocycles. The second-order valence-corrected chi connectivity index (χ2v) is 8.60. The Kier molecular flexibility index (Phi) is 6.21. The summed E-state index contributed by atoms with van der Waals surface area (Å²) in [6.07, 6.45) is 5.65. The molecule has 1 N–H and O–H groups in total. The smallest absolute Gasteiger partial charge is 0.266 e. The van der Waals surface area contributed by atoms with E-state index in [0.717, 1.165) is 12.8 Å². The van der Waals surface area contributed by atoms with Gasteiger partial charge in [0.1, 0.15) is 0 Å². The van der Waals surface area contributed by atoms with Crippen molar-refractivity contribution in [2.75, 3.05) is 5.75 Å². The monoisotopic (exact) mass is 427 g/mol. The van der Waals surface area contributed by atoms with E-state index in [4.69, 9.17) is 11.6 Å². The van der Waals surface area contributed by atoms with Crippen molar-refractivity contribution in [2.24, 2.45) is 0 Å². The first kappa shape index (κ1) is 20.0. The Morgan fingerprint density at radius 1 is 1.14 bits per heavy atom. The summed E-state index contributed by atoms with van der Waals surface area (Å²) >= 11 is 7.42. The van der Waals surface area contributed by atoms with E-state index in [2.05, 4.69) is 10.3 Å². The number of halogens is 1. The Labute approximate surface area is 178 Å². The number of nitrogens with zero attached hydrogens (tertiary/aromatic N) is 2. The molecule has 150 valence electrons. The van der Waals surface area contributed by atoms with Crippen LogP contribution < -0.4 is 10.9 Å². The first-order valence-corrected chi connectivity index (χ1v) is 11.2. The first-order valence-electron chi connectivity index (χ1n) is 9.82. The van der Waals surface area contributed by atoms with Gasteiger partial charge in [0.25, 0.3) is 5.56 Å². The van der Waals surface area contributed by atoms with Gasteiger partial charge in [0.05, 0.1) is 22.3 Å². The number of benzene rings is 2. The Morgan fingerprint density at radius 3 is 2.72 bits per heavy atom. The second-order valence-electron chi connectivity index (χ2n) is 7.22. The van der Waals surface area contributed by atoms with Gasteiger partial charge >= 0.3 is 0 Å². The molecule has 1 aliphatic carbocycles. The Morgan fingerprint density at radius 2 is 1.93 bits per heavy atom. The number of nitrogens with one attached hydrogen (secondary N) is 1. The predicted octanol–water partition coefficient (Wildman–Crippen LogP) is 4.58. The zero-order valence-electron chi connectivity index (χ0n) is 15.9. The highest BCUT2D eigenvalue weighted by Gasteiger charge is 2.18. The van der Waals surface area contributed by atoms with Gasteiger partial charge in [-0.05, 0) is 43.2 Å². The molecule has 1 saturated carbocycles. The summed E-state index contributed by atoms with van der Waals surface area (Å²) in [5, 5.41) is 4.66. The lowest BCUT2D eigenvalue weighted by Gasteiger charge is -2.22. The van der Waals surface area contributed by atoms with Crippen molar-refractivity contribution in [3.8, 4) is 5.69 Å². The quantitative estimate of drug-likeness (QED) is 0.478. The van der Waals surface area contributed by atoms with Crippen LogP contribution in [0.1, 0.15) is 32.1 Å². The molecular weight excluding hydrogens is 406 g/mol. The summed E-state index contributed by atoms with van der Waals surface area (Å²) in [6.45, 7) is 0. The molecule has 5 nitrogen and oxygen atoms in total. The molecule has 29 heavy (non-hydrogen) atoms. The van der Waals surface area contributed by atoms with Gasteiger partial charge in [-0.25, -0.2) is 4.98 Å². The summed E-state index contributed by atoms with van der Waals surface area (Å²) in [4.78, 5) is 30.3. The molecule has 4 rings (SSSR count). The van der Waals surface area contributed by atoms with Gasteiger partial charge in [-0.15, -0.1) is 0 Å². The molecule has 0 unspecified atom stereocenters. The van der Waals surface area contributed by atoms with Crippen LogP contribution in [-0.2, 0) is 4.79 Å². The van der Waals surface area contributed by atoms with Gasteiger partial charge in [0.2, 0.25) is 5.91 Å². The van der Waals surface area contributed by atoms with Crippen molar-refractivity contribution in [2.45, 2.75) is 43.3 Å². The molecule has 7 heteroatoms. The van der Waals surface area contributed by atoms with Gasteiger partial charge in [-0.1, -0.05) is 60.8 Å². The number of rotatable bonds is 5. The number of para-hydroxylation sites is 1. The number of carbonyl (C=O) groups is 1. The zero-order chi connectivity index (χ0) is 20.2. The average Bonchev–Trinajstić information content (AvgIpc) is 2.73. The van der Waals surface area contributed by atoms with Crippen LogP contribution in [0.2, 0.25) is 5.02 Å². The van der Waals surface area contributed by atoms with Crippen LogP contribution in [0.5, 0.6) is 0 Å². The van der Waals surface area contributed by atoms with E-state index in [-0.39, 0.29) is 23.3 Å². The van der Waals surface area contributed by atoms with Crippen molar-refractivity contribution in [1.29, 1.82) is 0 Å². The second kappa shape index (κ2) is 9.01. The largest absolute Gasteiger partial charge is 0.353 e. The summed E-state index contributed by atoms with van der Waals surface area (Å²) < 4.78 is 1.53. The first-order chi connectivity index (χ1) is 14.1. The topological polar surface area (TPSA) is 64.0 Å². The van der Waals surface area contributed by atoms with Crippen molar-refractivity contribution < 1.29 is 4.79 Å². The number of amides is 1. The van der Waals surface area contributed by atoms with Crippen LogP contribution >= 0.6 is 23.4 Å². The van der Waals surface area contributed by atoms with E-state index < -0.39 is 0 Å². The standard InChI is InChI=1S/C22H22ClN3O2S/c23-15-7-6-10-17(13-15)26-21(28)18-11-4-5-12-19(18)25-22(26)29-14-20(27)24-16-8-2-1-3-9-16/h4-7,10-13,16H,1-3,8-9,14H2,(H,24,27). The Balaban J connectivity index is 1.64. The predicted molar refractivity (Wildman–Crippen MR) is 118 cm³/mol. The minimum absolute atomic E-state index is 0.0260. The fourth-order valence-corrected chi connectivity index (χ4v) is 4.71. The lowest BCUT2D eigenvalue weighted by Crippen LogP contribution is -2.37. The number of carbonyl (C=O) groups excluding carboxylic acids is 1. The molecule has 0 radical (unpaired) electrons. The molecular formula is C22H22ClN3O2S. The highest BCUT2D eigenvalue weighted by Crippen LogP contribution is 2.23. The number of hydrogen-bond donors (Lipinski definition) is 1.